The summed E-state index contributed by atoms with van der Waals surface area (Å²) in [5.41, 5.74) is 6.75. The van der Waals surface area contributed by atoms with Crippen LogP contribution in [0.3, 0.4) is 0 Å². The summed E-state index contributed by atoms with van der Waals surface area (Å²) in [7, 11) is 0. The predicted octanol–water partition coefficient (Wildman–Crippen LogP) is 2.33. The standard InChI is InChI=1S/C11H10BrN3S/c12-9-4-2-1-3-8(9)7-15-6-5-14-11(15)10(13)16/h1-6H,7H2,(H2,13,16). The molecule has 0 radical (unpaired) electrons. The Morgan fingerprint density at radius 2 is 2.19 bits per heavy atom. The first-order valence-corrected chi connectivity index (χ1v) is 5.93. The normalized spacial score (nSPS) is 10.3. The summed E-state index contributed by atoms with van der Waals surface area (Å²) < 4.78 is 3.00. The third kappa shape index (κ3) is 2.31. The van der Waals surface area contributed by atoms with Gasteiger partial charge in [0.05, 0.1) is 6.54 Å². The molecular weight excluding hydrogens is 286 g/mol. The minimum absolute atomic E-state index is 0.317. The molecule has 0 atom stereocenters. The molecule has 0 fully saturated rings. The van der Waals surface area contributed by atoms with Gasteiger partial charge in [-0.15, -0.1) is 0 Å². The molecule has 2 aromatic rings. The Balaban J connectivity index is 2.31. The van der Waals surface area contributed by atoms with Gasteiger partial charge in [0.15, 0.2) is 5.82 Å². The van der Waals surface area contributed by atoms with Crippen LogP contribution in [0, 0.1) is 0 Å². The highest BCUT2D eigenvalue weighted by molar-refractivity contribution is 9.10. The van der Waals surface area contributed by atoms with E-state index in [4.69, 9.17) is 18.0 Å². The van der Waals surface area contributed by atoms with Crippen LogP contribution in [-0.2, 0) is 6.54 Å². The van der Waals surface area contributed by atoms with Gasteiger partial charge in [-0.3, -0.25) is 0 Å². The molecule has 0 saturated heterocycles. The SMILES string of the molecule is NC(=S)c1nccn1Cc1ccccc1Br. The van der Waals surface area contributed by atoms with Gasteiger partial charge in [0.1, 0.15) is 4.99 Å². The van der Waals surface area contributed by atoms with Crippen LogP contribution in [0.15, 0.2) is 41.1 Å². The van der Waals surface area contributed by atoms with Gasteiger partial charge in [0.2, 0.25) is 0 Å². The Labute approximate surface area is 107 Å². The second-order valence-corrected chi connectivity index (χ2v) is 4.63. The molecule has 0 saturated carbocycles. The van der Waals surface area contributed by atoms with Gasteiger partial charge < -0.3 is 10.3 Å². The van der Waals surface area contributed by atoms with Gasteiger partial charge in [-0.1, -0.05) is 46.3 Å². The number of hydrogen-bond acceptors (Lipinski definition) is 2. The molecule has 1 aromatic heterocycles. The third-order valence-electron chi connectivity index (χ3n) is 2.23. The number of halogens is 1. The van der Waals surface area contributed by atoms with Crippen LogP contribution in [0.1, 0.15) is 11.4 Å². The van der Waals surface area contributed by atoms with Gasteiger partial charge >= 0.3 is 0 Å². The fourth-order valence-electron chi connectivity index (χ4n) is 1.47. The molecule has 0 unspecified atom stereocenters. The summed E-state index contributed by atoms with van der Waals surface area (Å²) in [6.45, 7) is 0.702. The smallest absolute Gasteiger partial charge is 0.167 e. The number of hydrogen-bond donors (Lipinski definition) is 1. The quantitative estimate of drug-likeness (QED) is 0.884. The zero-order valence-corrected chi connectivity index (χ0v) is 10.8. The van der Waals surface area contributed by atoms with Gasteiger partial charge in [-0.05, 0) is 11.6 Å². The van der Waals surface area contributed by atoms with E-state index in [1.807, 2.05) is 35.0 Å². The van der Waals surface area contributed by atoms with E-state index in [0.717, 1.165) is 10.0 Å². The summed E-state index contributed by atoms with van der Waals surface area (Å²) in [6, 6.07) is 8.04. The highest BCUT2D eigenvalue weighted by Gasteiger charge is 2.07. The van der Waals surface area contributed by atoms with Crippen LogP contribution in [0.5, 0.6) is 0 Å². The van der Waals surface area contributed by atoms with Crippen LogP contribution in [0.25, 0.3) is 0 Å². The molecule has 1 heterocycles. The van der Waals surface area contributed by atoms with Crippen molar-refractivity contribution in [3.8, 4) is 0 Å². The lowest BCUT2D eigenvalue weighted by Gasteiger charge is -2.08. The van der Waals surface area contributed by atoms with E-state index in [1.165, 1.54) is 0 Å². The minimum atomic E-state index is 0.317. The van der Waals surface area contributed by atoms with Crippen molar-refractivity contribution >= 4 is 33.1 Å². The first-order valence-electron chi connectivity index (χ1n) is 4.73. The van der Waals surface area contributed by atoms with Crippen molar-refractivity contribution < 1.29 is 0 Å². The molecule has 0 bridgehead atoms. The van der Waals surface area contributed by atoms with E-state index in [9.17, 15) is 0 Å². The maximum absolute atomic E-state index is 5.59. The zero-order chi connectivity index (χ0) is 11.5. The largest absolute Gasteiger partial charge is 0.387 e. The van der Waals surface area contributed by atoms with E-state index in [-0.39, 0.29) is 0 Å². The van der Waals surface area contributed by atoms with E-state index >= 15 is 0 Å². The topological polar surface area (TPSA) is 43.8 Å². The van der Waals surface area contributed by atoms with Crippen LogP contribution in [0.4, 0.5) is 0 Å². The fourth-order valence-corrected chi connectivity index (χ4v) is 2.05. The van der Waals surface area contributed by atoms with Gasteiger partial charge in [0, 0.05) is 16.9 Å². The Bertz CT molecular complexity index is 521. The maximum Gasteiger partial charge on any atom is 0.167 e. The van der Waals surface area contributed by atoms with Gasteiger partial charge in [0.25, 0.3) is 0 Å². The zero-order valence-electron chi connectivity index (χ0n) is 8.43. The van der Waals surface area contributed by atoms with E-state index < -0.39 is 0 Å². The fraction of sp³-hybridized carbons (Fsp3) is 0.0909. The van der Waals surface area contributed by atoms with Crippen molar-refractivity contribution in [1.29, 1.82) is 0 Å². The number of thiocarbonyl (C=S) groups is 1. The van der Waals surface area contributed by atoms with Crippen molar-refractivity contribution in [2.24, 2.45) is 5.73 Å². The molecule has 0 aliphatic rings. The van der Waals surface area contributed by atoms with Crippen molar-refractivity contribution in [1.82, 2.24) is 9.55 Å². The Hall–Kier alpha value is -1.20. The summed E-state index contributed by atoms with van der Waals surface area (Å²) >= 11 is 8.44. The van der Waals surface area contributed by atoms with Crippen LogP contribution < -0.4 is 5.73 Å². The number of benzene rings is 1. The van der Waals surface area contributed by atoms with Crippen LogP contribution >= 0.6 is 28.1 Å². The molecule has 2 rings (SSSR count). The number of nitrogens with two attached hydrogens (primary N) is 1. The molecule has 2 N–H and O–H groups in total. The molecule has 0 spiro atoms. The molecule has 0 aliphatic carbocycles. The van der Waals surface area contributed by atoms with Crippen molar-refractivity contribution in [3.05, 3.63) is 52.5 Å². The van der Waals surface area contributed by atoms with E-state index in [1.54, 1.807) is 6.20 Å². The number of aromatic nitrogens is 2. The molecule has 82 valence electrons. The Morgan fingerprint density at radius 1 is 1.44 bits per heavy atom. The van der Waals surface area contributed by atoms with Crippen molar-refractivity contribution in [2.75, 3.05) is 0 Å². The molecule has 16 heavy (non-hydrogen) atoms. The summed E-state index contributed by atoms with van der Waals surface area (Å²) in [4.78, 5) is 4.44. The van der Waals surface area contributed by atoms with E-state index in [2.05, 4.69) is 20.9 Å². The number of imidazole rings is 1. The first kappa shape index (κ1) is 11.3. The monoisotopic (exact) mass is 295 g/mol. The van der Waals surface area contributed by atoms with Crippen LogP contribution in [0.2, 0.25) is 0 Å². The Kier molecular flexibility index (Phi) is 3.36. The Morgan fingerprint density at radius 3 is 2.88 bits per heavy atom. The molecule has 0 amide bonds. The van der Waals surface area contributed by atoms with E-state index in [0.29, 0.717) is 17.4 Å². The average molecular weight is 296 g/mol. The summed E-state index contributed by atoms with van der Waals surface area (Å²) in [5.74, 6) is 0.644. The predicted molar refractivity (Wildman–Crippen MR) is 71.4 cm³/mol. The molecular formula is C11H10BrN3S. The van der Waals surface area contributed by atoms with Crippen molar-refractivity contribution in [3.63, 3.8) is 0 Å². The summed E-state index contributed by atoms with van der Waals surface area (Å²) in [5, 5.41) is 0. The second kappa shape index (κ2) is 4.76. The second-order valence-electron chi connectivity index (χ2n) is 3.33. The highest BCUT2D eigenvalue weighted by atomic mass is 79.9. The number of rotatable bonds is 3. The lowest BCUT2D eigenvalue weighted by Crippen LogP contribution is -2.17. The molecule has 5 heteroatoms. The van der Waals surface area contributed by atoms with Gasteiger partial charge in [-0.2, -0.15) is 0 Å². The average Bonchev–Trinajstić information content (AvgIpc) is 2.69. The maximum atomic E-state index is 5.59. The lowest BCUT2D eigenvalue weighted by molar-refractivity contribution is 0.785. The van der Waals surface area contributed by atoms with Crippen LogP contribution in [-0.4, -0.2) is 14.5 Å². The molecule has 1 aromatic carbocycles. The minimum Gasteiger partial charge on any atom is -0.387 e. The molecule has 0 aliphatic heterocycles. The third-order valence-corrected chi connectivity index (χ3v) is 3.19. The summed E-state index contributed by atoms with van der Waals surface area (Å²) in [6.07, 6.45) is 3.57. The lowest BCUT2D eigenvalue weighted by atomic mass is 10.2. The first-order chi connectivity index (χ1) is 7.68. The molecule has 3 nitrogen and oxygen atoms in total. The van der Waals surface area contributed by atoms with Gasteiger partial charge in [-0.25, -0.2) is 4.98 Å². The van der Waals surface area contributed by atoms with Crippen molar-refractivity contribution in [2.45, 2.75) is 6.54 Å². The number of nitrogens with zero attached hydrogens (tertiary/aromatic N) is 2. The highest BCUT2D eigenvalue weighted by Crippen LogP contribution is 2.17.